The Kier molecular flexibility index (Phi) is 8.30. The molecule has 0 aliphatic carbocycles. The third-order valence-electron chi connectivity index (χ3n) is 3.47. The molecule has 22 heavy (non-hydrogen) atoms. The molecule has 0 spiro atoms. The van der Waals surface area contributed by atoms with Gasteiger partial charge in [-0.2, -0.15) is 0 Å². The fourth-order valence-electron chi connectivity index (χ4n) is 2.23. The minimum Gasteiger partial charge on any atom is -0.488 e. The quantitative estimate of drug-likeness (QED) is 0.489. The monoisotopic (exact) mass is 344 g/mol. The van der Waals surface area contributed by atoms with Crippen molar-refractivity contribution in [2.24, 2.45) is 0 Å². The van der Waals surface area contributed by atoms with Crippen LogP contribution in [0.25, 0.3) is 0 Å². The van der Waals surface area contributed by atoms with Crippen molar-refractivity contribution in [2.45, 2.75) is 52.6 Å². The number of allylic oxidation sites excluding steroid dienone is 1. The predicted molar refractivity (Wildman–Crippen MR) is 95.3 cm³/mol. The van der Waals surface area contributed by atoms with Gasteiger partial charge in [0.25, 0.3) is 0 Å². The van der Waals surface area contributed by atoms with Crippen LogP contribution < -0.4 is 4.74 Å². The summed E-state index contributed by atoms with van der Waals surface area (Å²) in [5.41, 5.74) is 1.27. The van der Waals surface area contributed by atoms with E-state index in [0.717, 1.165) is 25.9 Å². The van der Waals surface area contributed by atoms with E-state index < -0.39 is 0 Å². The van der Waals surface area contributed by atoms with Crippen LogP contribution in [0.15, 0.2) is 29.8 Å². The first kappa shape index (κ1) is 19.3. The number of hydrogen-bond donors (Lipinski definition) is 0. The van der Waals surface area contributed by atoms with Gasteiger partial charge in [-0.1, -0.05) is 34.8 Å². The summed E-state index contributed by atoms with van der Waals surface area (Å²) in [6, 6.07) is 5.40. The van der Waals surface area contributed by atoms with Crippen LogP contribution in [0, 0.1) is 0 Å². The SMILES string of the molecule is CCOC(C)(C)CCC/C(C)=C/COc1cccc(Cl)c1Cl. The van der Waals surface area contributed by atoms with E-state index in [4.69, 9.17) is 32.7 Å². The van der Waals surface area contributed by atoms with Crippen molar-refractivity contribution in [2.75, 3.05) is 13.2 Å². The van der Waals surface area contributed by atoms with E-state index in [1.165, 1.54) is 5.57 Å². The van der Waals surface area contributed by atoms with Crippen molar-refractivity contribution in [3.05, 3.63) is 39.9 Å². The van der Waals surface area contributed by atoms with Crippen LogP contribution in [0.2, 0.25) is 10.0 Å². The standard InChI is InChI=1S/C18H26Cl2O2/c1-5-22-18(3,4)12-7-8-14(2)11-13-21-16-10-6-9-15(19)17(16)20/h6,9-11H,5,7-8,12-13H2,1-4H3/b14-11+. The largest absolute Gasteiger partial charge is 0.488 e. The van der Waals surface area contributed by atoms with E-state index in [0.29, 0.717) is 22.4 Å². The Labute approximate surface area is 144 Å². The Bertz CT molecular complexity index is 496. The van der Waals surface area contributed by atoms with Crippen LogP contribution in [0.3, 0.4) is 0 Å². The van der Waals surface area contributed by atoms with E-state index >= 15 is 0 Å². The molecule has 0 aromatic heterocycles. The lowest BCUT2D eigenvalue weighted by molar-refractivity contribution is -0.0173. The Morgan fingerprint density at radius 1 is 1.27 bits per heavy atom. The van der Waals surface area contributed by atoms with Crippen LogP contribution >= 0.6 is 23.2 Å². The van der Waals surface area contributed by atoms with Gasteiger partial charge in [0.2, 0.25) is 0 Å². The maximum Gasteiger partial charge on any atom is 0.139 e. The highest BCUT2D eigenvalue weighted by Crippen LogP contribution is 2.31. The normalized spacial score (nSPS) is 12.5. The molecular weight excluding hydrogens is 319 g/mol. The van der Waals surface area contributed by atoms with Gasteiger partial charge < -0.3 is 9.47 Å². The summed E-state index contributed by atoms with van der Waals surface area (Å²) >= 11 is 12.0. The molecule has 1 aromatic carbocycles. The van der Waals surface area contributed by atoms with E-state index in [9.17, 15) is 0 Å². The molecule has 124 valence electrons. The molecule has 0 unspecified atom stereocenters. The van der Waals surface area contributed by atoms with E-state index in [1.807, 2.05) is 19.1 Å². The zero-order valence-corrected chi connectivity index (χ0v) is 15.4. The van der Waals surface area contributed by atoms with Gasteiger partial charge in [0.15, 0.2) is 0 Å². The lowest BCUT2D eigenvalue weighted by atomic mass is 9.99. The molecule has 2 nitrogen and oxygen atoms in total. The zero-order chi connectivity index (χ0) is 16.6. The molecule has 0 atom stereocenters. The van der Waals surface area contributed by atoms with Gasteiger partial charge in [-0.3, -0.25) is 0 Å². The molecular formula is C18H26Cl2O2. The molecule has 0 radical (unpaired) electrons. The number of halogens is 2. The van der Waals surface area contributed by atoms with Gasteiger partial charge in [-0.05, 0) is 65.2 Å². The third kappa shape index (κ3) is 7.04. The van der Waals surface area contributed by atoms with Gasteiger partial charge in [0.1, 0.15) is 17.4 Å². The van der Waals surface area contributed by atoms with Crippen molar-refractivity contribution in [3.63, 3.8) is 0 Å². The summed E-state index contributed by atoms with van der Waals surface area (Å²) in [6.07, 6.45) is 5.29. The van der Waals surface area contributed by atoms with Gasteiger partial charge >= 0.3 is 0 Å². The van der Waals surface area contributed by atoms with E-state index in [1.54, 1.807) is 6.07 Å². The minimum absolute atomic E-state index is 0.0418. The van der Waals surface area contributed by atoms with E-state index in [2.05, 4.69) is 26.8 Å². The lowest BCUT2D eigenvalue weighted by Crippen LogP contribution is -2.24. The number of hydrogen-bond acceptors (Lipinski definition) is 2. The van der Waals surface area contributed by atoms with Crippen LogP contribution in [0.5, 0.6) is 5.75 Å². The molecule has 0 saturated heterocycles. The highest BCUT2D eigenvalue weighted by molar-refractivity contribution is 6.42. The number of rotatable bonds is 9. The Morgan fingerprint density at radius 3 is 2.68 bits per heavy atom. The zero-order valence-electron chi connectivity index (χ0n) is 13.9. The van der Waals surface area contributed by atoms with Gasteiger partial charge in [0, 0.05) is 6.61 Å². The number of ether oxygens (including phenoxy) is 2. The van der Waals surface area contributed by atoms with Crippen molar-refractivity contribution in [1.29, 1.82) is 0 Å². The van der Waals surface area contributed by atoms with Crippen LogP contribution in [-0.4, -0.2) is 18.8 Å². The predicted octanol–water partition coefficient (Wildman–Crippen LogP) is 6.30. The molecule has 0 saturated carbocycles. The highest BCUT2D eigenvalue weighted by atomic mass is 35.5. The maximum atomic E-state index is 6.08. The van der Waals surface area contributed by atoms with E-state index in [-0.39, 0.29) is 5.60 Å². The lowest BCUT2D eigenvalue weighted by Gasteiger charge is -2.24. The molecule has 0 N–H and O–H groups in total. The summed E-state index contributed by atoms with van der Waals surface area (Å²) in [7, 11) is 0. The molecule has 1 rings (SSSR count). The first-order chi connectivity index (χ1) is 10.4. The second-order valence-electron chi connectivity index (χ2n) is 5.96. The summed E-state index contributed by atoms with van der Waals surface area (Å²) in [6.45, 7) is 9.69. The smallest absolute Gasteiger partial charge is 0.139 e. The average Bonchev–Trinajstić information content (AvgIpc) is 2.43. The molecule has 0 heterocycles. The van der Waals surface area contributed by atoms with Crippen molar-refractivity contribution in [3.8, 4) is 5.75 Å². The molecule has 4 heteroatoms. The Balaban J connectivity index is 2.36. The van der Waals surface area contributed by atoms with Crippen molar-refractivity contribution >= 4 is 23.2 Å². The maximum absolute atomic E-state index is 6.08. The molecule has 0 aliphatic heterocycles. The summed E-state index contributed by atoms with van der Waals surface area (Å²) in [5.74, 6) is 0.621. The number of benzene rings is 1. The van der Waals surface area contributed by atoms with Gasteiger partial charge in [0.05, 0.1) is 10.6 Å². The average molecular weight is 345 g/mol. The highest BCUT2D eigenvalue weighted by Gasteiger charge is 2.16. The second-order valence-corrected chi connectivity index (χ2v) is 6.74. The topological polar surface area (TPSA) is 18.5 Å². The van der Waals surface area contributed by atoms with Crippen molar-refractivity contribution < 1.29 is 9.47 Å². The molecule has 1 aromatic rings. The molecule has 0 bridgehead atoms. The summed E-state index contributed by atoms with van der Waals surface area (Å²) in [5, 5.41) is 0.978. The molecule has 0 aliphatic rings. The first-order valence-corrected chi connectivity index (χ1v) is 8.47. The fourth-order valence-corrected chi connectivity index (χ4v) is 2.57. The van der Waals surface area contributed by atoms with Crippen LogP contribution in [0.1, 0.15) is 47.0 Å². The summed E-state index contributed by atoms with van der Waals surface area (Å²) in [4.78, 5) is 0. The summed E-state index contributed by atoms with van der Waals surface area (Å²) < 4.78 is 11.4. The molecule has 0 fully saturated rings. The Morgan fingerprint density at radius 2 is 2.00 bits per heavy atom. The van der Waals surface area contributed by atoms with Crippen LogP contribution in [-0.2, 0) is 4.74 Å². The first-order valence-electron chi connectivity index (χ1n) is 7.72. The fraction of sp³-hybridized carbons (Fsp3) is 0.556. The second kappa shape index (κ2) is 9.44. The third-order valence-corrected chi connectivity index (χ3v) is 4.27. The van der Waals surface area contributed by atoms with Gasteiger partial charge in [-0.25, -0.2) is 0 Å². The Hall–Kier alpha value is -0.700. The van der Waals surface area contributed by atoms with Crippen molar-refractivity contribution in [1.82, 2.24) is 0 Å². The van der Waals surface area contributed by atoms with Crippen LogP contribution in [0.4, 0.5) is 0 Å². The minimum atomic E-state index is -0.0418. The van der Waals surface area contributed by atoms with Gasteiger partial charge in [-0.15, -0.1) is 0 Å². The molecule has 0 amide bonds.